The number of benzene rings is 1. The molecule has 0 spiro atoms. The number of hydrogen-bond acceptors (Lipinski definition) is 2. The van der Waals surface area contributed by atoms with Gasteiger partial charge in [0.25, 0.3) is 0 Å². The Morgan fingerprint density at radius 1 is 1.22 bits per heavy atom. The monoisotopic (exact) mass is 265 g/mol. The molecule has 0 radical (unpaired) electrons. The van der Waals surface area contributed by atoms with Gasteiger partial charge in [-0.1, -0.05) is 24.1 Å². The fourth-order valence-corrected chi connectivity index (χ4v) is 3.48. The summed E-state index contributed by atoms with van der Waals surface area (Å²) < 4.78 is 0. The summed E-state index contributed by atoms with van der Waals surface area (Å²) in [6.07, 6.45) is 7.89. The lowest BCUT2D eigenvalue weighted by molar-refractivity contribution is 0.458. The molecular weight excluding hydrogens is 246 g/mol. The van der Waals surface area contributed by atoms with E-state index in [1.165, 1.54) is 30.4 Å². The van der Waals surface area contributed by atoms with Crippen molar-refractivity contribution >= 4 is 11.6 Å². The summed E-state index contributed by atoms with van der Waals surface area (Å²) >= 11 is 6.39. The molecule has 1 fully saturated rings. The number of fused-ring (bicyclic) bond motifs is 1. The molecule has 0 aliphatic heterocycles. The minimum Gasteiger partial charge on any atom is -0.506 e. The van der Waals surface area contributed by atoms with Crippen LogP contribution in [-0.4, -0.2) is 11.7 Å². The standard InChI is InChI=1S/C15H20ClNO/c16-13-11-5-3-1-2-4-10(11)8-12(14(13)18)15(9-17)6-7-15/h8,18H,1-7,9,17H2. The molecule has 0 unspecified atom stereocenters. The lowest BCUT2D eigenvalue weighted by Crippen LogP contribution is -2.20. The molecule has 1 saturated carbocycles. The molecular formula is C15H20ClNO. The van der Waals surface area contributed by atoms with E-state index < -0.39 is 0 Å². The van der Waals surface area contributed by atoms with E-state index in [0.717, 1.165) is 31.2 Å². The second-order valence-electron chi connectivity index (χ2n) is 5.77. The zero-order chi connectivity index (χ0) is 12.8. The summed E-state index contributed by atoms with van der Waals surface area (Å²) in [4.78, 5) is 0. The maximum Gasteiger partial charge on any atom is 0.138 e. The van der Waals surface area contributed by atoms with Gasteiger partial charge in [0, 0.05) is 17.5 Å². The average Bonchev–Trinajstić information content (AvgIpc) is 3.17. The smallest absolute Gasteiger partial charge is 0.138 e. The first kappa shape index (κ1) is 12.3. The summed E-state index contributed by atoms with van der Waals surface area (Å²) in [5.41, 5.74) is 9.39. The van der Waals surface area contributed by atoms with E-state index in [2.05, 4.69) is 6.07 Å². The molecule has 0 heterocycles. The minimum absolute atomic E-state index is 0.00899. The summed E-state index contributed by atoms with van der Waals surface area (Å²) in [5, 5.41) is 11.0. The van der Waals surface area contributed by atoms with Crippen LogP contribution < -0.4 is 5.73 Å². The van der Waals surface area contributed by atoms with Crippen LogP contribution in [0.4, 0.5) is 0 Å². The minimum atomic E-state index is 0.00899. The number of nitrogens with two attached hydrogens (primary N) is 1. The van der Waals surface area contributed by atoms with Crippen molar-refractivity contribution in [2.24, 2.45) is 5.73 Å². The summed E-state index contributed by atoms with van der Waals surface area (Å²) in [7, 11) is 0. The van der Waals surface area contributed by atoms with Crippen LogP contribution in [0.1, 0.15) is 48.8 Å². The quantitative estimate of drug-likeness (QED) is 0.806. The van der Waals surface area contributed by atoms with E-state index in [0.29, 0.717) is 17.3 Å². The fourth-order valence-electron chi connectivity index (χ4n) is 3.16. The van der Waals surface area contributed by atoms with Gasteiger partial charge in [-0.25, -0.2) is 0 Å². The Hall–Kier alpha value is -0.730. The molecule has 2 nitrogen and oxygen atoms in total. The molecule has 3 N–H and O–H groups in total. The van der Waals surface area contributed by atoms with Gasteiger partial charge in [-0.15, -0.1) is 0 Å². The normalized spacial score (nSPS) is 21.2. The zero-order valence-corrected chi connectivity index (χ0v) is 11.4. The van der Waals surface area contributed by atoms with Crippen molar-refractivity contribution in [3.63, 3.8) is 0 Å². The van der Waals surface area contributed by atoms with E-state index in [9.17, 15) is 5.11 Å². The van der Waals surface area contributed by atoms with Gasteiger partial charge in [-0.05, 0) is 49.7 Å². The van der Waals surface area contributed by atoms with Crippen LogP contribution in [-0.2, 0) is 18.3 Å². The first-order valence-electron chi connectivity index (χ1n) is 6.92. The van der Waals surface area contributed by atoms with Gasteiger partial charge in [-0.3, -0.25) is 0 Å². The van der Waals surface area contributed by atoms with Crippen molar-refractivity contribution in [1.29, 1.82) is 0 Å². The van der Waals surface area contributed by atoms with Gasteiger partial charge in [0.15, 0.2) is 0 Å². The van der Waals surface area contributed by atoms with Gasteiger partial charge in [0.1, 0.15) is 5.75 Å². The van der Waals surface area contributed by atoms with E-state index in [1.54, 1.807) is 0 Å². The summed E-state index contributed by atoms with van der Waals surface area (Å²) in [5.74, 6) is 0.292. The van der Waals surface area contributed by atoms with Crippen LogP contribution in [0, 0.1) is 0 Å². The fraction of sp³-hybridized carbons (Fsp3) is 0.600. The number of rotatable bonds is 2. The van der Waals surface area contributed by atoms with Gasteiger partial charge < -0.3 is 10.8 Å². The molecule has 3 rings (SSSR count). The maximum atomic E-state index is 10.4. The molecule has 0 atom stereocenters. The number of halogens is 1. The highest BCUT2D eigenvalue weighted by Crippen LogP contribution is 2.53. The van der Waals surface area contributed by atoms with Crippen molar-refractivity contribution in [3.8, 4) is 5.75 Å². The highest BCUT2D eigenvalue weighted by molar-refractivity contribution is 6.33. The van der Waals surface area contributed by atoms with E-state index in [1.807, 2.05) is 0 Å². The van der Waals surface area contributed by atoms with Crippen molar-refractivity contribution in [1.82, 2.24) is 0 Å². The van der Waals surface area contributed by atoms with Gasteiger partial charge >= 0.3 is 0 Å². The predicted molar refractivity (Wildman–Crippen MR) is 74.3 cm³/mol. The third-order valence-electron chi connectivity index (χ3n) is 4.62. The van der Waals surface area contributed by atoms with Crippen molar-refractivity contribution in [3.05, 3.63) is 27.8 Å². The molecule has 0 amide bonds. The third kappa shape index (κ3) is 1.83. The number of phenols is 1. The number of aromatic hydroxyl groups is 1. The van der Waals surface area contributed by atoms with Crippen LogP contribution >= 0.6 is 11.6 Å². The van der Waals surface area contributed by atoms with Crippen molar-refractivity contribution < 1.29 is 5.11 Å². The maximum absolute atomic E-state index is 10.4. The van der Waals surface area contributed by atoms with Crippen LogP contribution in [0.25, 0.3) is 0 Å². The Balaban J connectivity index is 2.12. The molecule has 1 aromatic carbocycles. The molecule has 18 heavy (non-hydrogen) atoms. The molecule has 0 saturated heterocycles. The Morgan fingerprint density at radius 2 is 1.94 bits per heavy atom. The molecule has 98 valence electrons. The first-order chi connectivity index (χ1) is 8.68. The second kappa shape index (κ2) is 4.43. The van der Waals surface area contributed by atoms with Crippen LogP contribution in [0.15, 0.2) is 6.07 Å². The summed E-state index contributed by atoms with van der Waals surface area (Å²) in [6, 6.07) is 2.18. The van der Waals surface area contributed by atoms with Crippen LogP contribution in [0.5, 0.6) is 5.75 Å². The average molecular weight is 266 g/mol. The lowest BCUT2D eigenvalue weighted by Gasteiger charge is -2.20. The molecule has 2 aliphatic carbocycles. The van der Waals surface area contributed by atoms with E-state index in [-0.39, 0.29) is 5.41 Å². The highest BCUT2D eigenvalue weighted by atomic mass is 35.5. The van der Waals surface area contributed by atoms with Gasteiger partial charge in [-0.2, -0.15) is 0 Å². The first-order valence-corrected chi connectivity index (χ1v) is 7.29. The molecule has 1 aromatic rings. The molecule has 0 bridgehead atoms. The van der Waals surface area contributed by atoms with Crippen LogP contribution in [0.2, 0.25) is 5.02 Å². The Labute approximate surface area is 113 Å². The van der Waals surface area contributed by atoms with E-state index in [4.69, 9.17) is 17.3 Å². The zero-order valence-electron chi connectivity index (χ0n) is 10.6. The topological polar surface area (TPSA) is 46.2 Å². The number of aryl methyl sites for hydroxylation is 1. The second-order valence-corrected chi connectivity index (χ2v) is 6.15. The number of phenolic OH excluding ortho intramolecular Hbond substituents is 1. The third-order valence-corrected chi connectivity index (χ3v) is 5.03. The lowest BCUT2D eigenvalue weighted by atomic mass is 9.90. The Bertz CT molecular complexity index is 480. The largest absolute Gasteiger partial charge is 0.506 e. The molecule has 3 heteroatoms. The van der Waals surface area contributed by atoms with Gasteiger partial charge in [0.05, 0.1) is 5.02 Å². The van der Waals surface area contributed by atoms with Crippen LogP contribution in [0.3, 0.4) is 0 Å². The highest BCUT2D eigenvalue weighted by Gasteiger charge is 2.45. The molecule has 2 aliphatic rings. The number of hydrogen-bond donors (Lipinski definition) is 2. The summed E-state index contributed by atoms with van der Waals surface area (Å²) in [6.45, 7) is 0.607. The Kier molecular flexibility index (Phi) is 3.03. The Morgan fingerprint density at radius 3 is 2.61 bits per heavy atom. The van der Waals surface area contributed by atoms with Crippen molar-refractivity contribution in [2.75, 3.05) is 6.54 Å². The predicted octanol–water partition coefficient (Wildman–Crippen LogP) is 3.30. The van der Waals surface area contributed by atoms with E-state index >= 15 is 0 Å². The molecule has 0 aromatic heterocycles. The SMILES string of the molecule is NCC1(c2cc3c(c(Cl)c2O)CCCCC3)CC1. The van der Waals surface area contributed by atoms with Crippen molar-refractivity contribution in [2.45, 2.75) is 50.4 Å². The van der Waals surface area contributed by atoms with Gasteiger partial charge in [0.2, 0.25) is 0 Å².